The molecule has 6 heteroatoms. The van der Waals surface area contributed by atoms with Crippen LogP contribution in [0.25, 0.3) is 17.0 Å². The summed E-state index contributed by atoms with van der Waals surface area (Å²) in [6.45, 7) is 0. The number of anilines is 2. The molecule has 3 aromatic heterocycles. The number of rotatable bonds is 3. The zero-order chi connectivity index (χ0) is 17.2. The van der Waals surface area contributed by atoms with Crippen LogP contribution in [0.3, 0.4) is 0 Å². The fourth-order valence-electron chi connectivity index (χ4n) is 2.58. The zero-order valence-electron chi connectivity index (χ0n) is 13.0. The Labute approximate surface area is 143 Å². The van der Waals surface area contributed by atoms with Gasteiger partial charge in [0.25, 0.3) is 0 Å². The second kappa shape index (κ2) is 6.06. The summed E-state index contributed by atoms with van der Waals surface area (Å²) in [5.74, 6) is 0.359. The molecule has 0 aliphatic carbocycles. The van der Waals surface area contributed by atoms with Crippen LogP contribution >= 0.6 is 0 Å². The van der Waals surface area contributed by atoms with Crippen LogP contribution in [0.4, 0.5) is 15.9 Å². The van der Waals surface area contributed by atoms with E-state index < -0.39 is 0 Å². The third-order valence-electron chi connectivity index (χ3n) is 3.76. The summed E-state index contributed by atoms with van der Waals surface area (Å²) in [5, 5.41) is 12.4. The van der Waals surface area contributed by atoms with Gasteiger partial charge in [0.2, 0.25) is 0 Å². The lowest BCUT2D eigenvalue weighted by Gasteiger charge is -2.08. The van der Waals surface area contributed by atoms with Crippen LogP contribution in [0.15, 0.2) is 67.0 Å². The molecule has 0 saturated heterocycles. The van der Waals surface area contributed by atoms with Gasteiger partial charge in [-0.25, -0.2) is 9.37 Å². The molecule has 0 amide bonds. The Morgan fingerprint density at radius 2 is 1.88 bits per heavy atom. The highest BCUT2D eigenvalue weighted by atomic mass is 19.1. The van der Waals surface area contributed by atoms with E-state index in [4.69, 9.17) is 0 Å². The fourth-order valence-corrected chi connectivity index (χ4v) is 2.58. The second-order valence-electron chi connectivity index (χ2n) is 5.41. The van der Waals surface area contributed by atoms with E-state index in [0.717, 1.165) is 0 Å². The lowest BCUT2D eigenvalue weighted by atomic mass is 10.2. The SMILES string of the molecule is N#Cc1ccc2nc(-c3ccccn3)c(Nc3ccc(F)cc3)n2c1. The van der Waals surface area contributed by atoms with Crippen molar-refractivity contribution < 1.29 is 4.39 Å². The van der Waals surface area contributed by atoms with Gasteiger partial charge in [-0.2, -0.15) is 5.26 Å². The summed E-state index contributed by atoms with van der Waals surface area (Å²) >= 11 is 0. The summed E-state index contributed by atoms with van der Waals surface area (Å²) < 4.78 is 15.0. The maximum absolute atomic E-state index is 13.2. The summed E-state index contributed by atoms with van der Waals surface area (Å²) in [7, 11) is 0. The van der Waals surface area contributed by atoms with E-state index in [9.17, 15) is 9.65 Å². The Morgan fingerprint density at radius 1 is 1.04 bits per heavy atom. The molecule has 1 N–H and O–H groups in total. The van der Waals surface area contributed by atoms with Crippen LogP contribution in [-0.2, 0) is 0 Å². The topological polar surface area (TPSA) is 66.0 Å². The average Bonchev–Trinajstić information content (AvgIpc) is 3.02. The fraction of sp³-hybridized carbons (Fsp3) is 0. The molecule has 3 heterocycles. The van der Waals surface area contributed by atoms with Crippen LogP contribution in [0.5, 0.6) is 0 Å². The molecule has 0 bridgehead atoms. The molecule has 0 spiro atoms. The number of aromatic nitrogens is 3. The van der Waals surface area contributed by atoms with Gasteiger partial charge in [-0.15, -0.1) is 0 Å². The first-order chi connectivity index (χ1) is 12.2. The van der Waals surface area contributed by atoms with Gasteiger partial charge < -0.3 is 5.32 Å². The molecule has 120 valence electrons. The summed E-state index contributed by atoms with van der Waals surface area (Å²) in [6, 6.07) is 17.3. The Kier molecular flexibility index (Phi) is 3.60. The largest absolute Gasteiger partial charge is 0.339 e. The lowest BCUT2D eigenvalue weighted by Crippen LogP contribution is -1.98. The molecule has 0 saturated carbocycles. The van der Waals surface area contributed by atoms with Crippen LogP contribution in [-0.4, -0.2) is 14.4 Å². The molecule has 0 aliphatic rings. The van der Waals surface area contributed by atoms with E-state index in [2.05, 4.69) is 21.4 Å². The van der Waals surface area contributed by atoms with Crippen molar-refractivity contribution in [2.75, 3.05) is 5.32 Å². The predicted octanol–water partition coefficient (Wildman–Crippen LogP) is 4.15. The van der Waals surface area contributed by atoms with Crippen LogP contribution in [0.1, 0.15) is 5.56 Å². The van der Waals surface area contributed by atoms with Crippen LogP contribution in [0.2, 0.25) is 0 Å². The van der Waals surface area contributed by atoms with Crippen molar-refractivity contribution in [2.24, 2.45) is 0 Å². The van der Waals surface area contributed by atoms with E-state index in [-0.39, 0.29) is 5.82 Å². The monoisotopic (exact) mass is 329 g/mol. The number of hydrogen-bond donors (Lipinski definition) is 1. The first kappa shape index (κ1) is 14.8. The van der Waals surface area contributed by atoms with E-state index in [1.807, 2.05) is 18.2 Å². The van der Waals surface area contributed by atoms with E-state index in [0.29, 0.717) is 34.1 Å². The van der Waals surface area contributed by atoms with Crippen molar-refractivity contribution in [1.29, 1.82) is 5.26 Å². The molecule has 0 unspecified atom stereocenters. The molecular weight excluding hydrogens is 317 g/mol. The van der Waals surface area contributed by atoms with Gasteiger partial charge >= 0.3 is 0 Å². The number of pyridine rings is 2. The molecule has 0 radical (unpaired) electrons. The number of nitriles is 1. The Bertz CT molecular complexity index is 1080. The molecule has 0 fully saturated rings. The lowest BCUT2D eigenvalue weighted by molar-refractivity contribution is 0.628. The number of fused-ring (bicyclic) bond motifs is 1. The maximum Gasteiger partial charge on any atom is 0.144 e. The average molecular weight is 329 g/mol. The van der Waals surface area contributed by atoms with Gasteiger partial charge in [0, 0.05) is 18.1 Å². The smallest absolute Gasteiger partial charge is 0.144 e. The highest BCUT2D eigenvalue weighted by molar-refractivity contribution is 5.78. The third-order valence-corrected chi connectivity index (χ3v) is 3.76. The van der Waals surface area contributed by atoms with E-state index >= 15 is 0 Å². The normalized spacial score (nSPS) is 10.6. The minimum atomic E-state index is -0.305. The van der Waals surface area contributed by atoms with Crippen LogP contribution in [0, 0.1) is 17.1 Å². The number of nitrogens with zero attached hydrogens (tertiary/aromatic N) is 4. The molecule has 25 heavy (non-hydrogen) atoms. The van der Waals surface area contributed by atoms with Crippen molar-refractivity contribution in [2.45, 2.75) is 0 Å². The van der Waals surface area contributed by atoms with Gasteiger partial charge in [-0.1, -0.05) is 6.07 Å². The van der Waals surface area contributed by atoms with Gasteiger partial charge in [-0.05, 0) is 48.5 Å². The first-order valence-electron chi connectivity index (χ1n) is 7.61. The Morgan fingerprint density at radius 3 is 2.60 bits per heavy atom. The van der Waals surface area contributed by atoms with Crippen LogP contribution < -0.4 is 5.32 Å². The number of hydrogen-bond acceptors (Lipinski definition) is 4. The number of nitrogens with one attached hydrogen (secondary N) is 1. The first-order valence-corrected chi connectivity index (χ1v) is 7.61. The summed E-state index contributed by atoms with van der Waals surface area (Å²) in [4.78, 5) is 8.99. The maximum atomic E-state index is 13.2. The summed E-state index contributed by atoms with van der Waals surface area (Å²) in [5.41, 5.74) is 3.26. The highest BCUT2D eigenvalue weighted by Crippen LogP contribution is 2.30. The van der Waals surface area contributed by atoms with Gasteiger partial charge in [-0.3, -0.25) is 9.38 Å². The van der Waals surface area contributed by atoms with Gasteiger partial charge in [0.15, 0.2) is 0 Å². The standard InChI is InChI=1S/C19H12FN5/c20-14-5-7-15(8-6-14)23-19-18(16-3-1-2-10-22-16)24-17-9-4-13(11-21)12-25(17)19/h1-10,12,23H. The minimum absolute atomic E-state index is 0.305. The molecule has 0 aliphatic heterocycles. The molecular formula is C19H12FN5. The van der Waals surface area contributed by atoms with Crippen molar-refractivity contribution >= 4 is 17.2 Å². The molecule has 4 rings (SSSR count). The van der Waals surface area contributed by atoms with Crippen molar-refractivity contribution in [1.82, 2.24) is 14.4 Å². The van der Waals surface area contributed by atoms with Crippen molar-refractivity contribution in [3.05, 3.63) is 78.4 Å². The minimum Gasteiger partial charge on any atom is -0.339 e. The van der Waals surface area contributed by atoms with Crippen molar-refractivity contribution in [3.8, 4) is 17.5 Å². The summed E-state index contributed by atoms with van der Waals surface area (Å²) in [6.07, 6.45) is 3.41. The van der Waals surface area contributed by atoms with Crippen molar-refractivity contribution in [3.63, 3.8) is 0 Å². The number of halogens is 1. The quantitative estimate of drug-likeness (QED) is 0.613. The third kappa shape index (κ3) is 2.79. The predicted molar refractivity (Wildman–Crippen MR) is 92.8 cm³/mol. The zero-order valence-corrected chi connectivity index (χ0v) is 13.0. The van der Waals surface area contributed by atoms with E-state index in [1.54, 1.807) is 41.1 Å². The van der Waals surface area contributed by atoms with Gasteiger partial charge in [0.05, 0.1) is 11.3 Å². The Balaban J connectivity index is 1.91. The highest BCUT2D eigenvalue weighted by Gasteiger charge is 2.15. The van der Waals surface area contributed by atoms with E-state index in [1.165, 1.54) is 12.1 Å². The Hall–Kier alpha value is -3.72. The van der Waals surface area contributed by atoms with Gasteiger partial charge in [0.1, 0.15) is 29.0 Å². The molecule has 5 nitrogen and oxygen atoms in total. The number of benzene rings is 1. The second-order valence-corrected chi connectivity index (χ2v) is 5.41. The molecule has 1 aromatic carbocycles. The molecule has 0 atom stereocenters. The number of imidazole rings is 1. The molecule has 4 aromatic rings.